The molecular formula is C11H18N2O4. The van der Waals surface area contributed by atoms with Gasteiger partial charge in [-0.25, -0.2) is 0 Å². The molecule has 0 bridgehead atoms. The van der Waals surface area contributed by atoms with Gasteiger partial charge in [0.1, 0.15) is 12.1 Å². The standard InChI is InChI=1S/C11H18N2O4/c1-2-16-11(15)9-7-12-4-5-13(9)8-3-6-17-10(8)14/h8-9,12H,2-7H2,1H3. The summed E-state index contributed by atoms with van der Waals surface area (Å²) in [5, 5.41) is 3.15. The molecule has 2 aliphatic heterocycles. The van der Waals surface area contributed by atoms with Gasteiger partial charge in [-0.3, -0.25) is 14.5 Å². The number of carbonyl (C=O) groups excluding carboxylic acids is 2. The smallest absolute Gasteiger partial charge is 0.324 e. The maximum Gasteiger partial charge on any atom is 0.324 e. The summed E-state index contributed by atoms with van der Waals surface area (Å²) in [6, 6.07) is -0.661. The highest BCUT2D eigenvalue weighted by molar-refractivity contribution is 5.81. The number of hydrogen-bond acceptors (Lipinski definition) is 6. The van der Waals surface area contributed by atoms with E-state index >= 15 is 0 Å². The molecule has 6 nitrogen and oxygen atoms in total. The topological polar surface area (TPSA) is 67.9 Å². The first-order chi connectivity index (χ1) is 8.24. The zero-order valence-electron chi connectivity index (χ0n) is 9.98. The van der Waals surface area contributed by atoms with Crippen LogP contribution in [-0.4, -0.2) is 61.8 Å². The fraction of sp³-hybridized carbons (Fsp3) is 0.818. The first kappa shape index (κ1) is 12.3. The van der Waals surface area contributed by atoms with Crippen LogP contribution in [0.4, 0.5) is 0 Å². The third-order valence-corrected chi connectivity index (χ3v) is 3.15. The number of cyclic esters (lactones) is 1. The lowest BCUT2D eigenvalue weighted by molar-refractivity contribution is -0.154. The minimum Gasteiger partial charge on any atom is -0.465 e. The van der Waals surface area contributed by atoms with Crippen molar-refractivity contribution in [2.45, 2.75) is 25.4 Å². The third kappa shape index (κ3) is 2.58. The van der Waals surface area contributed by atoms with Crippen LogP contribution in [0.15, 0.2) is 0 Å². The molecule has 6 heteroatoms. The molecular weight excluding hydrogens is 224 g/mol. The Morgan fingerprint density at radius 3 is 3.12 bits per heavy atom. The van der Waals surface area contributed by atoms with E-state index in [1.807, 2.05) is 4.90 Å². The molecule has 0 aromatic rings. The number of piperazine rings is 1. The van der Waals surface area contributed by atoms with Crippen LogP contribution in [-0.2, 0) is 19.1 Å². The lowest BCUT2D eigenvalue weighted by Crippen LogP contribution is -2.59. The lowest BCUT2D eigenvalue weighted by atomic mass is 10.1. The maximum atomic E-state index is 11.8. The van der Waals surface area contributed by atoms with Gasteiger partial charge >= 0.3 is 11.9 Å². The van der Waals surface area contributed by atoms with Crippen molar-refractivity contribution in [2.24, 2.45) is 0 Å². The van der Waals surface area contributed by atoms with Crippen molar-refractivity contribution in [2.75, 3.05) is 32.8 Å². The van der Waals surface area contributed by atoms with Gasteiger partial charge in [0.25, 0.3) is 0 Å². The SMILES string of the molecule is CCOC(=O)C1CNCCN1C1CCOC1=O. The third-order valence-electron chi connectivity index (χ3n) is 3.15. The number of nitrogens with zero attached hydrogens (tertiary/aromatic N) is 1. The van der Waals surface area contributed by atoms with Gasteiger partial charge in [-0.1, -0.05) is 0 Å². The van der Waals surface area contributed by atoms with E-state index in [0.29, 0.717) is 32.7 Å². The summed E-state index contributed by atoms with van der Waals surface area (Å²) in [6.45, 7) is 4.56. The maximum absolute atomic E-state index is 11.8. The second-order valence-electron chi connectivity index (χ2n) is 4.18. The van der Waals surface area contributed by atoms with Crippen molar-refractivity contribution in [1.82, 2.24) is 10.2 Å². The number of carbonyl (C=O) groups is 2. The Morgan fingerprint density at radius 2 is 2.47 bits per heavy atom. The van der Waals surface area contributed by atoms with E-state index in [1.165, 1.54) is 0 Å². The molecule has 2 fully saturated rings. The van der Waals surface area contributed by atoms with Crippen molar-refractivity contribution in [3.8, 4) is 0 Å². The molecule has 2 aliphatic rings. The average Bonchev–Trinajstić information content (AvgIpc) is 2.76. The summed E-state index contributed by atoms with van der Waals surface area (Å²) in [4.78, 5) is 25.3. The molecule has 2 heterocycles. The van der Waals surface area contributed by atoms with Crippen LogP contribution < -0.4 is 5.32 Å². The average molecular weight is 242 g/mol. The van der Waals surface area contributed by atoms with Gasteiger partial charge < -0.3 is 14.8 Å². The number of ether oxygens (including phenoxy) is 2. The van der Waals surface area contributed by atoms with Crippen LogP contribution in [0.5, 0.6) is 0 Å². The molecule has 96 valence electrons. The minimum atomic E-state index is -0.376. The molecule has 0 spiro atoms. The molecule has 0 radical (unpaired) electrons. The van der Waals surface area contributed by atoms with Crippen LogP contribution in [0.3, 0.4) is 0 Å². The normalized spacial score (nSPS) is 30.1. The van der Waals surface area contributed by atoms with Crippen molar-refractivity contribution < 1.29 is 19.1 Å². The van der Waals surface area contributed by atoms with Crippen LogP contribution in [0.1, 0.15) is 13.3 Å². The first-order valence-electron chi connectivity index (χ1n) is 6.03. The van der Waals surface area contributed by atoms with Crippen LogP contribution in [0.2, 0.25) is 0 Å². The molecule has 2 rings (SSSR count). The second kappa shape index (κ2) is 5.46. The second-order valence-corrected chi connectivity index (χ2v) is 4.18. The fourth-order valence-electron chi connectivity index (χ4n) is 2.34. The Kier molecular flexibility index (Phi) is 3.96. The highest BCUT2D eigenvalue weighted by atomic mass is 16.5. The predicted molar refractivity (Wildman–Crippen MR) is 59.4 cm³/mol. The van der Waals surface area contributed by atoms with E-state index in [2.05, 4.69) is 5.32 Å². The summed E-state index contributed by atoms with van der Waals surface area (Å²) in [5.41, 5.74) is 0. The van der Waals surface area contributed by atoms with Gasteiger partial charge in [-0.05, 0) is 6.92 Å². The zero-order chi connectivity index (χ0) is 12.3. The summed E-state index contributed by atoms with van der Waals surface area (Å²) in [7, 11) is 0. The highest BCUT2D eigenvalue weighted by Gasteiger charge is 2.40. The van der Waals surface area contributed by atoms with Gasteiger partial charge in [0.15, 0.2) is 0 Å². The van der Waals surface area contributed by atoms with Crippen LogP contribution in [0, 0.1) is 0 Å². The van der Waals surface area contributed by atoms with E-state index in [4.69, 9.17) is 9.47 Å². The summed E-state index contributed by atoms with van der Waals surface area (Å²) < 4.78 is 9.99. The van der Waals surface area contributed by atoms with Crippen molar-refractivity contribution in [3.05, 3.63) is 0 Å². The Morgan fingerprint density at radius 1 is 1.65 bits per heavy atom. The van der Waals surface area contributed by atoms with Gasteiger partial charge in [0, 0.05) is 26.1 Å². The number of hydrogen-bond donors (Lipinski definition) is 1. The van der Waals surface area contributed by atoms with Crippen LogP contribution >= 0.6 is 0 Å². The highest BCUT2D eigenvalue weighted by Crippen LogP contribution is 2.18. The van der Waals surface area contributed by atoms with Gasteiger partial charge in [-0.15, -0.1) is 0 Å². The van der Waals surface area contributed by atoms with Crippen molar-refractivity contribution in [3.63, 3.8) is 0 Å². The summed E-state index contributed by atoms with van der Waals surface area (Å²) in [6.07, 6.45) is 0.661. The van der Waals surface area contributed by atoms with E-state index in [9.17, 15) is 9.59 Å². The number of esters is 2. The lowest BCUT2D eigenvalue weighted by Gasteiger charge is -2.36. The molecule has 0 aromatic carbocycles. The largest absolute Gasteiger partial charge is 0.465 e. The minimum absolute atomic E-state index is 0.221. The fourth-order valence-corrected chi connectivity index (χ4v) is 2.34. The summed E-state index contributed by atoms with van der Waals surface area (Å²) in [5.74, 6) is -0.486. The van der Waals surface area contributed by atoms with Crippen LogP contribution in [0.25, 0.3) is 0 Å². The molecule has 0 aliphatic carbocycles. The molecule has 17 heavy (non-hydrogen) atoms. The monoisotopic (exact) mass is 242 g/mol. The molecule has 0 aromatic heterocycles. The van der Waals surface area contributed by atoms with E-state index < -0.39 is 0 Å². The Hall–Kier alpha value is -1.14. The van der Waals surface area contributed by atoms with Crippen molar-refractivity contribution >= 4 is 11.9 Å². The van der Waals surface area contributed by atoms with Gasteiger partial charge in [0.2, 0.25) is 0 Å². The van der Waals surface area contributed by atoms with E-state index in [0.717, 1.165) is 6.54 Å². The Bertz CT molecular complexity index is 308. The Balaban J connectivity index is 2.06. The number of rotatable bonds is 3. The van der Waals surface area contributed by atoms with Gasteiger partial charge in [-0.2, -0.15) is 0 Å². The number of nitrogens with one attached hydrogen (secondary N) is 1. The molecule has 2 atom stereocenters. The predicted octanol–water partition coefficient (Wildman–Crippen LogP) is -0.861. The van der Waals surface area contributed by atoms with E-state index in [-0.39, 0.29) is 24.0 Å². The summed E-state index contributed by atoms with van der Waals surface area (Å²) >= 11 is 0. The molecule has 0 saturated carbocycles. The quantitative estimate of drug-likeness (QED) is 0.649. The van der Waals surface area contributed by atoms with Gasteiger partial charge in [0.05, 0.1) is 13.2 Å². The zero-order valence-corrected chi connectivity index (χ0v) is 9.98. The molecule has 2 saturated heterocycles. The first-order valence-corrected chi connectivity index (χ1v) is 6.03. The molecule has 1 N–H and O–H groups in total. The Labute approximate surface area is 100 Å². The molecule has 0 amide bonds. The molecule has 2 unspecified atom stereocenters. The van der Waals surface area contributed by atoms with E-state index in [1.54, 1.807) is 6.92 Å². The van der Waals surface area contributed by atoms with Crippen molar-refractivity contribution in [1.29, 1.82) is 0 Å².